The molecule has 3 aromatic rings. The Morgan fingerprint density at radius 2 is 1.51 bits per heavy atom. The van der Waals surface area contributed by atoms with Crippen LogP contribution in [-0.4, -0.2) is 37.5 Å². The number of piperidine rings is 1. The Morgan fingerprint density at radius 3 is 2.14 bits per heavy atom. The standard InChI is InChI=1S/C27H27ClN2O4S/c1-18-14-19(2)17-30(16-18)35(33,34)23-11-8-21(9-12-23)27(32)29-25-13-10-22(28)15-24(25)26(31)20-6-4-3-5-7-20/h3-13,15,18-19H,14,16-17H2,1-2H3,(H,29,32). The van der Waals surface area contributed by atoms with Gasteiger partial charge in [-0.2, -0.15) is 4.31 Å². The molecule has 0 bridgehead atoms. The highest BCUT2D eigenvalue weighted by atomic mass is 35.5. The Bertz CT molecular complexity index is 1330. The third kappa shape index (κ3) is 5.64. The lowest BCUT2D eigenvalue weighted by molar-refractivity contribution is 0.102. The molecule has 0 saturated carbocycles. The summed E-state index contributed by atoms with van der Waals surface area (Å²) in [5, 5.41) is 3.13. The van der Waals surface area contributed by atoms with Crippen molar-refractivity contribution in [1.29, 1.82) is 0 Å². The lowest BCUT2D eigenvalue weighted by atomic mass is 9.94. The van der Waals surface area contributed by atoms with Gasteiger partial charge in [-0.1, -0.05) is 55.8 Å². The quantitative estimate of drug-likeness (QED) is 0.444. The summed E-state index contributed by atoms with van der Waals surface area (Å²) in [7, 11) is -3.64. The van der Waals surface area contributed by atoms with Gasteiger partial charge in [0, 0.05) is 34.8 Å². The second-order valence-electron chi connectivity index (χ2n) is 9.13. The number of carbonyl (C=O) groups is 2. The number of hydrogen-bond donors (Lipinski definition) is 1. The maximum absolute atomic E-state index is 13.1. The van der Waals surface area contributed by atoms with E-state index in [-0.39, 0.29) is 21.8 Å². The van der Waals surface area contributed by atoms with Gasteiger partial charge in [0.25, 0.3) is 5.91 Å². The average molecular weight is 511 g/mol. The van der Waals surface area contributed by atoms with Crippen LogP contribution in [0.2, 0.25) is 5.02 Å². The van der Waals surface area contributed by atoms with Crippen molar-refractivity contribution >= 4 is 39.0 Å². The molecule has 8 heteroatoms. The highest BCUT2D eigenvalue weighted by molar-refractivity contribution is 7.89. The lowest BCUT2D eigenvalue weighted by Gasteiger charge is -2.34. The number of carbonyl (C=O) groups excluding carboxylic acids is 2. The molecule has 0 radical (unpaired) electrons. The van der Waals surface area contributed by atoms with E-state index >= 15 is 0 Å². The van der Waals surface area contributed by atoms with E-state index in [2.05, 4.69) is 19.2 Å². The van der Waals surface area contributed by atoms with Crippen LogP contribution in [0.4, 0.5) is 5.69 Å². The normalized spacial score (nSPS) is 18.7. The number of nitrogens with zero attached hydrogens (tertiary/aromatic N) is 1. The predicted molar refractivity (Wildman–Crippen MR) is 137 cm³/mol. The SMILES string of the molecule is CC1CC(C)CN(S(=O)(=O)c2ccc(C(=O)Nc3ccc(Cl)cc3C(=O)c3ccccc3)cc2)C1. The zero-order chi connectivity index (χ0) is 25.2. The first kappa shape index (κ1) is 25.1. The van der Waals surface area contributed by atoms with E-state index in [0.717, 1.165) is 6.42 Å². The summed E-state index contributed by atoms with van der Waals surface area (Å²) in [5.41, 5.74) is 1.34. The van der Waals surface area contributed by atoms with Crippen molar-refractivity contribution in [3.05, 3.63) is 94.5 Å². The first-order valence-electron chi connectivity index (χ1n) is 11.5. The minimum Gasteiger partial charge on any atom is -0.321 e. The van der Waals surface area contributed by atoms with E-state index in [9.17, 15) is 18.0 Å². The van der Waals surface area contributed by atoms with Crippen LogP contribution in [0.15, 0.2) is 77.7 Å². The fourth-order valence-electron chi connectivity index (χ4n) is 4.48. The van der Waals surface area contributed by atoms with E-state index in [1.54, 1.807) is 36.4 Å². The molecule has 0 spiro atoms. The minimum atomic E-state index is -3.64. The predicted octanol–water partition coefficient (Wildman–Crippen LogP) is 5.49. The molecule has 3 aromatic carbocycles. The van der Waals surface area contributed by atoms with Crippen molar-refractivity contribution in [3.63, 3.8) is 0 Å². The van der Waals surface area contributed by atoms with Gasteiger partial charge in [0.1, 0.15) is 0 Å². The molecule has 1 saturated heterocycles. The molecule has 0 aromatic heterocycles. The van der Waals surface area contributed by atoms with Gasteiger partial charge in [0.15, 0.2) is 5.78 Å². The van der Waals surface area contributed by atoms with Gasteiger partial charge in [-0.15, -0.1) is 0 Å². The smallest absolute Gasteiger partial charge is 0.255 e. The molecule has 1 aliphatic rings. The van der Waals surface area contributed by atoms with E-state index in [4.69, 9.17) is 11.6 Å². The Labute approximate surface area is 211 Å². The number of amides is 1. The van der Waals surface area contributed by atoms with Crippen molar-refractivity contribution in [2.45, 2.75) is 25.2 Å². The first-order valence-corrected chi connectivity index (χ1v) is 13.3. The molecule has 1 fully saturated rings. The van der Waals surface area contributed by atoms with Crippen LogP contribution in [-0.2, 0) is 10.0 Å². The highest BCUT2D eigenvalue weighted by Gasteiger charge is 2.31. The van der Waals surface area contributed by atoms with Gasteiger partial charge in [-0.3, -0.25) is 9.59 Å². The number of rotatable bonds is 6. The van der Waals surface area contributed by atoms with Gasteiger partial charge in [-0.05, 0) is 60.7 Å². The molecule has 35 heavy (non-hydrogen) atoms. The minimum absolute atomic E-state index is 0.154. The highest BCUT2D eigenvalue weighted by Crippen LogP contribution is 2.28. The Balaban J connectivity index is 1.54. The maximum atomic E-state index is 13.1. The lowest BCUT2D eigenvalue weighted by Crippen LogP contribution is -2.42. The van der Waals surface area contributed by atoms with Gasteiger partial charge in [0.2, 0.25) is 10.0 Å². The summed E-state index contributed by atoms with van der Waals surface area (Å²) in [6.45, 7) is 5.09. The van der Waals surface area contributed by atoms with Crippen molar-refractivity contribution in [1.82, 2.24) is 4.31 Å². The molecule has 6 nitrogen and oxygen atoms in total. The second-order valence-corrected chi connectivity index (χ2v) is 11.5. The molecule has 2 atom stereocenters. The zero-order valence-electron chi connectivity index (χ0n) is 19.6. The first-order chi connectivity index (χ1) is 16.6. The average Bonchev–Trinajstić information content (AvgIpc) is 2.84. The van der Waals surface area contributed by atoms with Crippen LogP contribution in [0.3, 0.4) is 0 Å². The van der Waals surface area contributed by atoms with E-state index in [0.29, 0.717) is 41.2 Å². The summed E-state index contributed by atoms with van der Waals surface area (Å²) in [5.74, 6) is -0.134. The fourth-order valence-corrected chi connectivity index (χ4v) is 6.33. The Kier molecular flexibility index (Phi) is 7.40. The molecule has 182 valence electrons. The summed E-state index contributed by atoms with van der Waals surface area (Å²) in [4.78, 5) is 26.1. The number of nitrogens with one attached hydrogen (secondary N) is 1. The molecule has 1 heterocycles. The molecule has 1 amide bonds. The third-order valence-corrected chi connectivity index (χ3v) is 8.18. The van der Waals surface area contributed by atoms with Crippen LogP contribution < -0.4 is 5.32 Å². The molecular formula is C27H27ClN2O4S. The number of hydrogen-bond acceptors (Lipinski definition) is 4. The molecule has 4 rings (SSSR count). The number of anilines is 1. The Morgan fingerprint density at radius 1 is 0.886 bits per heavy atom. The van der Waals surface area contributed by atoms with Crippen LogP contribution in [0.25, 0.3) is 0 Å². The van der Waals surface area contributed by atoms with Crippen LogP contribution >= 0.6 is 11.6 Å². The van der Waals surface area contributed by atoms with Crippen molar-refractivity contribution in [2.24, 2.45) is 11.8 Å². The van der Waals surface area contributed by atoms with Gasteiger partial charge in [-0.25, -0.2) is 8.42 Å². The topological polar surface area (TPSA) is 83.6 Å². The van der Waals surface area contributed by atoms with E-state index in [1.807, 2.05) is 6.07 Å². The van der Waals surface area contributed by atoms with E-state index in [1.165, 1.54) is 34.6 Å². The number of benzene rings is 3. The molecule has 1 aliphatic heterocycles. The van der Waals surface area contributed by atoms with Crippen molar-refractivity contribution < 1.29 is 18.0 Å². The van der Waals surface area contributed by atoms with Crippen molar-refractivity contribution in [3.8, 4) is 0 Å². The summed E-state index contributed by atoms with van der Waals surface area (Å²) < 4.78 is 27.7. The zero-order valence-corrected chi connectivity index (χ0v) is 21.1. The van der Waals surface area contributed by atoms with Gasteiger partial charge < -0.3 is 5.32 Å². The molecule has 2 unspecified atom stereocenters. The van der Waals surface area contributed by atoms with E-state index < -0.39 is 15.9 Å². The maximum Gasteiger partial charge on any atom is 0.255 e. The van der Waals surface area contributed by atoms with Crippen LogP contribution in [0.1, 0.15) is 46.5 Å². The molecule has 0 aliphatic carbocycles. The largest absolute Gasteiger partial charge is 0.321 e. The summed E-state index contributed by atoms with van der Waals surface area (Å²) in [6, 6.07) is 19.3. The number of ketones is 1. The number of sulfonamides is 1. The van der Waals surface area contributed by atoms with Crippen molar-refractivity contribution in [2.75, 3.05) is 18.4 Å². The monoisotopic (exact) mass is 510 g/mol. The molecule has 1 N–H and O–H groups in total. The third-order valence-electron chi connectivity index (χ3n) is 6.10. The van der Waals surface area contributed by atoms with Crippen LogP contribution in [0, 0.1) is 11.8 Å². The van der Waals surface area contributed by atoms with Gasteiger partial charge >= 0.3 is 0 Å². The van der Waals surface area contributed by atoms with Crippen LogP contribution in [0.5, 0.6) is 0 Å². The van der Waals surface area contributed by atoms with Gasteiger partial charge in [0.05, 0.1) is 10.6 Å². The summed E-state index contributed by atoms with van der Waals surface area (Å²) in [6.07, 6.45) is 1.00. The fraction of sp³-hybridized carbons (Fsp3) is 0.259. The Hall–Kier alpha value is -3.00. The molecular weight excluding hydrogens is 484 g/mol. The number of halogens is 1. The summed E-state index contributed by atoms with van der Waals surface area (Å²) >= 11 is 6.12. The second kappa shape index (κ2) is 10.3.